The molecule has 0 bridgehead atoms. The summed E-state index contributed by atoms with van der Waals surface area (Å²) in [6.07, 6.45) is 4.58. The number of esters is 1. The number of hydrogen-bond donors (Lipinski definition) is 2. The van der Waals surface area contributed by atoms with Crippen LogP contribution in [0.5, 0.6) is 0 Å². The number of amides is 2. The molecule has 1 saturated heterocycles. The van der Waals surface area contributed by atoms with Gasteiger partial charge in [-0.15, -0.1) is 6.58 Å². The van der Waals surface area contributed by atoms with Gasteiger partial charge in [0.1, 0.15) is 11.6 Å². The van der Waals surface area contributed by atoms with Crippen molar-refractivity contribution in [3.63, 3.8) is 0 Å². The van der Waals surface area contributed by atoms with Crippen LogP contribution in [0.25, 0.3) is 11.2 Å². The summed E-state index contributed by atoms with van der Waals surface area (Å²) >= 11 is 0. The van der Waals surface area contributed by atoms with E-state index in [1.807, 2.05) is 24.8 Å². The molecule has 2 N–H and O–H groups in total. The van der Waals surface area contributed by atoms with Crippen LogP contribution in [0.1, 0.15) is 26.7 Å². The van der Waals surface area contributed by atoms with E-state index >= 15 is 0 Å². The number of rotatable bonds is 7. The minimum Gasteiger partial charge on any atom is -0.467 e. The number of carbonyl (C=O) groups is 2. The van der Waals surface area contributed by atoms with Gasteiger partial charge in [0.15, 0.2) is 11.5 Å². The van der Waals surface area contributed by atoms with Crippen molar-refractivity contribution in [1.82, 2.24) is 25.2 Å². The molecule has 0 unspecified atom stereocenters. The molecule has 0 spiro atoms. The summed E-state index contributed by atoms with van der Waals surface area (Å²) < 4.78 is 6.33. The Hall–Kier alpha value is -3.43. The van der Waals surface area contributed by atoms with Gasteiger partial charge in [0.05, 0.1) is 7.11 Å². The predicted molar refractivity (Wildman–Crippen MR) is 122 cm³/mol. The summed E-state index contributed by atoms with van der Waals surface area (Å²) in [5, 5.41) is 5.61. The highest BCUT2D eigenvalue weighted by Crippen LogP contribution is 2.18. The Kier molecular flexibility index (Phi) is 7.45. The summed E-state index contributed by atoms with van der Waals surface area (Å²) in [4.78, 5) is 48.1. The zero-order valence-corrected chi connectivity index (χ0v) is 18.7. The fourth-order valence-electron chi connectivity index (χ4n) is 3.80. The van der Waals surface area contributed by atoms with Gasteiger partial charge in [0.25, 0.3) is 5.56 Å². The van der Waals surface area contributed by atoms with Crippen LogP contribution in [-0.2, 0) is 16.1 Å². The first-order chi connectivity index (χ1) is 15.3. The third-order valence-electron chi connectivity index (χ3n) is 5.53. The molecule has 2 aromatic heterocycles. The van der Waals surface area contributed by atoms with Gasteiger partial charge in [-0.05, 0) is 30.9 Å². The van der Waals surface area contributed by atoms with E-state index in [2.05, 4.69) is 27.2 Å². The first-order valence-electron chi connectivity index (χ1n) is 10.7. The Morgan fingerprint density at radius 1 is 1.34 bits per heavy atom. The molecule has 2 aromatic rings. The molecule has 1 atom stereocenters. The molecule has 0 radical (unpaired) electrons. The molecule has 2 amide bonds. The molecule has 10 nitrogen and oxygen atoms in total. The highest BCUT2D eigenvalue weighted by atomic mass is 16.5. The highest BCUT2D eigenvalue weighted by molar-refractivity contribution is 5.83. The number of anilines is 1. The first kappa shape index (κ1) is 23.2. The van der Waals surface area contributed by atoms with Gasteiger partial charge < -0.3 is 20.3 Å². The maximum Gasteiger partial charge on any atom is 0.328 e. The molecule has 1 fully saturated rings. The normalized spacial score (nSPS) is 15.4. The summed E-state index contributed by atoms with van der Waals surface area (Å²) in [5.41, 5.74) is 0.962. The third kappa shape index (κ3) is 5.06. The Balaban J connectivity index is 1.67. The number of pyridine rings is 1. The number of hydrogen-bond acceptors (Lipinski definition) is 7. The van der Waals surface area contributed by atoms with Gasteiger partial charge >= 0.3 is 12.0 Å². The van der Waals surface area contributed by atoms with Gasteiger partial charge in [-0.3, -0.25) is 9.36 Å². The van der Waals surface area contributed by atoms with Gasteiger partial charge in [0.2, 0.25) is 0 Å². The van der Waals surface area contributed by atoms with Crippen LogP contribution in [0.4, 0.5) is 10.6 Å². The van der Waals surface area contributed by atoms with Crippen LogP contribution in [0.2, 0.25) is 0 Å². The number of ether oxygens (including phenoxy) is 1. The minimum absolute atomic E-state index is 0.0748. The van der Waals surface area contributed by atoms with Crippen molar-refractivity contribution in [2.75, 3.05) is 25.1 Å². The lowest BCUT2D eigenvalue weighted by molar-refractivity contribution is -0.144. The molecule has 1 aliphatic rings. The number of fused-ring (bicyclic) bond motifs is 1. The Bertz CT molecular complexity index is 1040. The predicted octanol–water partition coefficient (Wildman–Crippen LogP) is 1.44. The van der Waals surface area contributed by atoms with Gasteiger partial charge in [0, 0.05) is 31.9 Å². The average Bonchev–Trinajstić information content (AvgIpc) is 2.79. The molecular formula is C22H30N6O4. The lowest BCUT2D eigenvalue weighted by Crippen LogP contribution is -2.53. The minimum atomic E-state index is -0.709. The fraction of sp³-hybridized carbons (Fsp3) is 0.500. The zero-order chi connectivity index (χ0) is 23.3. The maximum absolute atomic E-state index is 13.1. The van der Waals surface area contributed by atoms with Crippen LogP contribution in [0, 0.1) is 5.92 Å². The number of allylic oxidation sites excluding steroid dienone is 1. The average molecular weight is 443 g/mol. The van der Waals surface area contributed by atoms with Gasteiger partial charge in [-0.2, -0.15) is 0 Å². The van der Waals surface area contributed by atoms with Crippen LogP contribution in [0.15, 0.2) is 35.8 Å². The van der Waals surface area contributed by atoms with E-state index in [0.717, 1.165) is 0 Å². The molecule has 10 heteroatoms. The summed E-state index contributed by atoms with van der Waals surface area (Å²) in [5.74, 6) is -0.195. The summed E-state index contributed by atoms with van der Waals surface area (Å²) in [6, 6.07) is 2.43. The smallest absolute Gasteiger partial charge is 0.328 e. The van der Waals surface area contributed by atoms with Crippen molar-refractivity contribution in [3.8, 4) is 0 Å². The molecule has 32 heavy (non-hydrogen) atoms. The quantitative estimate of drug-likeness (QED) is 0.492. The summed E-state index contributed by atoms with van der Waals surface area (Å²) in [6.45, 7) is 8.89. The Morgan fingerprint density at radius 3 is 2.69 bits per heavy atom. The number of carbonyl (C=O) groups excluding carboxylic acids is 2. The van der Waals surface area contributed by atoms with Crippen molar-refractivity contribution in [1.29, 1.82) is 0 Å². The van der Waals surface area contributed by atoms with E-state index in [9.17, 15) is 14.4 Å². The van der Waals surface area contributed by atoms with Crippen molar-refractivity contribution >= 4 is 29.0 Å². The van der Waals surface area contributed by atoms with Crippen LogP contribution < -0.4 is 21.1 Å². The molecule has 1 aliphatic heterocycles. The fourth-order valence-corrected chi connectivity index (χ4v) is 3.80. The molecular weight excluding hydrogens is 412 g/mol. The Morgan fingerprint density at radius 2 is 2.06 bits per heavy atom. The largest absolute Gasteiger partial charge is 0.467 e. The van der Waals surface area contributed by atoms with E-state index < -0.39 is 18.0 Å². The second-order valence-electron chi connectivity index (χ2n) is 8.11. The standard InChI is InChI=1S/C22H30N6O4/c1-5-11-28-18-16(7-6-10-23-18)25-19(20(28)29)27-12-8-15(9-13-27)24-22(31)26-17(14(2)3)21(30)32-4/h5-7,10,14-15,17H,1,8-9,11-13H2,2-4H3,(H2,24,26,31)/t17-/m1/s1. The maximum atomic E-state index is 13.1. The SMILES string of the molecule is C=CCn1c(=O)c(N2CCC(NC(=O)N[C@@H](C(=O)OC)C(C)C)CC2)nc2cccnc21. The molecule has 3 rings (SSSR count). The van der Waals surface area contributed by atoms with Crippen LogP contribution in [0.3, 0.4) is 0 Å². The van der Waals surface area contributed by atoms with Gasteiger partial charge in [-0.1, -0.05) is 19.9 Å². The third-order valence-corrected chi connectivity index (χ3v) is 5.53. The molecule has 0 aromatic carbocycles. The topological polar surface area (TPSA) is 118 Å². The van der Waals surface area contributed by atoms with E-state index in [-0.39, 0.29) is 17.5 Å². The Labute approximate surface area is 186 Å². The number of piperidine rings is 1. The molecule has 0 aliphatic carbocycles. The molecule has 172 valence electrons. The van der Waals surface area contributed by atoms with Crippen molar-refractivity contribution in [2.24, 2.45) is 5.92 Å². The lowest BCUT2D eigenvalue weighted by atomic mass is 10.0. The second kappa shape index (κ2) is 10.3. The number of urea groups is 1. The van der Waals surface area contributed by atoms with E-state index in [1.54, 1.807) is 22.9 Å². The molecule has 0 saturated carbocycles. The highest BCUT2D eigenvalue weighted by Gasteiger charge is 2.28. The number of aromatic nitrogens is 3. The van der Waals surface area contributed by atoms with Crippen LogP contribution in [-0.4, -0.2) is 58.8 Å². The van der Waals surface area contributed by atoms with E-state index in [1.165, 1.54) is 7.11 Å². The number of methoxy groups -OCH3 is 1. The monoisotopic (exact) mass is 442 g/mol. The van der Waals surface area contributed by atoms with Crippen molar-refractivity contribution in [3.05, 3.63) is 41.3 Å². The zero-order valence-electron chi connectivity index (χ0n) is 18.7. The van der Waals surface area contributed by atoms with Crippen LogP contribution >= 0.6 is 0 Å². The van der Waals surface area contributed by atoms with E-state index in [0.29, 0.717) is 49.5 Å². The number of nitrogens with one attached hydrogen (secondary N) is 2. The number of nitrogens with zero attached hydrogens (tertiary/aromatic N) is 4. The van der Waals surface area contributed by atoms with Gasteiger partial charge in [-0.25, -0.2) is 19.6 Å². The first-order valence-corrected chi connectivity index (χ1v) is 10.7. The second-order valence-corrected chi connectivity index (χ2v) is 8.11. The van der Waals surface area contributed by atoms with Crippen molar-refractivity contribution < 1.29 is 14.3 Å². The molecule has 3 heterocycles. The lowest BCUT2D eigenvalue weighted by Gasteiger charge is -2.33. The van der Waals surface area contributed by atoms with E-state index in [4.69, 9.17) is 4.74 Å². The van der Waals surface area contributed by atoms with Crippen molar-refractivity contribution in [2.45, 2.75) is 45.3 Å². The summed E-state index contributed by atoms with van der Waals surface area (Å²) in [7, 11) is 1.30.